The van der Waals surface area contributed by atoms with Crippen LogP contribution in [-0.2, 0) is 5.92 Å². The highest BCUT2D eigenvalue weighted by atomic mass is 19.4. The lowest BCUT2D eigenvalue weighted by molar-refractivity contribution is -0.289. The van der Waals surface area contributed by atoms with Gasteiger partial charge in [-0.3, -0.25) is 0 Å². The van der Waals surface area contributed by atoms with Crippen LogP contribution in [0, 0.1) is 27.7 Å². The highest BCUT2D eigenvalue weighted by molar-refractivity contribution is 5.46. The third-order valence-electron chi connectivity index (χ3n) is 3.04. The molecule has 0 spiro atoms. The molecule has 1 rings (SSSR count). The van der Waals surface area contributed by atoms with Gasteiger partial charge in [0.05, 0.1) is 0 Å². The van der Waals surface area contributed by atoms with E-state index in [-0.39, 0.29) is 11.1 Å². The fourth-order valence-corrected chi connectivity index (χ4v) is 1.83. The summed E-state index contributed by atoms with van der Waals surface area (Å²) in [5.74, 6) is -4.81. The highest BCUT2D eigenvalue weighted by Crippen LogP contribution is 2.47. The van der Waals surface area contributed by atoms with Gasteiger partial charge in [-0.1, -0.05) is 6.07 Å². The molecular formula is C12H13F5. The van der Waals surface area contributed by atoms with E-state index in [4.69, 9.17) is 0 Å². The van der Waals surface area contributed by atoms with Crippen molar-refractivity contribution in [1.29, 1.82) is 0 Å². The van der Waals surface area contributed by atoms with Crippen LogP contribution >= 0.6 is 0 Å². The molecule has 96 valence electrons. The van der Waals surface area contributed by atoms with E-state index in [0.717, 1.165) is 0 Å². The molecule has 1 aromatic carbocycles. The molecule has 0 amide bonds. The maximum absolute atomic E-state index is 13.4. The summed E-state index contributed by atoms with van der Waals surface area (Å²) in [6.45, 7) is 5.63. The molecule has 0 unspecified atom stereocenters. The first kappa shape index (κ1) is 13.9. The topological polar surface area (TPSA) is 0 Å². The van der Waals surface area contributed by atoms with Crippen molar-refractivity contribution in [2.75, 3.05) is 0 Å². The molecule has 0 N–H and O–H groups in total. The molecular weight excluding hydrogens is 239 g/mol. The smallest absolute Gasteiger partial charge is 0.191 e. The fourth-order valence-electron chi connectivity index (χ4n) is 1.83. The third kappa shape index (κ3) is 2.15. The second-order valence-corrected chi connectivity index (χ2v) is 4.21. The monoisotopic (exact) mass is 252 g/mol. The van der Waals surface area contributed by atoms with E-state index in [0.29, 0.717) is 11.1 Å². The standard InChI is InChI=1S/C12H13F5/c1-6-5-7(2)9(4)10(8(6)3)11(13,14)12(15,16)17/h5H,1-4H3. The van der Waals surface area contributed by atoms with Crippen LogP contribution in [0.5, 0.6) is 0 Å². The van der Waals surface area contributed by atoms with Crippen LogP contribution in [0.15, 0.2) is 6.07 Å². The van der Waals surface area contributed by atoms with E-state index in [1.165, 1.54) is 27.7 Å². The second kappa shape index (κ2) is 3.96. The molecule has 0 aliphatic rings. The largest absolute Gasteiger partial charge is 0.458 e. The molecule has 5 heteroatoms. The van der Waals surface area contributed by atoms with Gasteiger partial charge < -0.3 is 0 Å². The summed E-state index contributed by atoms with van der Waals surface area (Å²) in [7, 11) is 0. The van der Waals surface area contributed by atoms with Gasteiger partial charge in [0.25, 0.3) is 0 Å². The molecule has 0 saturated heterocycles. The molecule has 17 heavy (non-hydrogen) atoms. The number of hydrogen-bond acceptors (Lipinski definition) is 0. The van der Waals surface area contributed by atoms with Crippen LogP contribution in [0.1, 0.15) is 27.8 Å². The van der Waals surface area contributed by atoms with Gasteiger partial charge in [0, 0.05) is 5.56 Å². The molecule has 0 radical (unpaired) electrons. The van der Waals surface area contributed by atoms with E-state index in [1.54, 1.807) is 6.07 Å². The Balaban J connectivity index is 3.62. The van der Waals surface area contributed by atoms with Crippen LogP contribution in [0.3, 0.4) is 0 Å². The van der Waals surface area contributed by atoms with Gasteiger partial charge in [-0.25, -0.2) is 0 Å². The second-order valence-electron chi connectivity index (χ2n) is 4.21. The van der Waals surface area contributed by atoms with Gasteiger partial charge in [0.2, 0.25) is 0 Å². The Morgan fingerprint density at radius 1 is 0.765 bits per heavy atom. The first-order valence-electron chi connectivity index (χ1n) is 5.02. The third-order valence-corrected chi connectivity index (χ3v) is 3.04. The average Bonchev–Trinajstić information content (AvgIpc) is 2.13. The van der Waals surface area contributed by atoms with Crippen molar-refractivity contribution >= 4 is 0 Å². The summed E-state index contributed by atoms with van der Waals surface area (Å²) in [5.41, 5.74) is -0.0487. The number of alkyl halides is 5. The molecule has 0 aliphatic heterocycles. The minimum absolute atomic E-state index is 0.00424. The molecule has 0 heterocycles. The van der Waals surface area contributed by atoms with Gasteiger partial charge >= 0.3 is 12.1 Å². The first-order chi connectivity index (χ1) is 7.50. The van der Waals surface area contributed by atoms with Crippen molar-refractivity contribution in [3.8, 4) is 0 Å². The van der Waals surface area contributed by atoms with Crippen molar-refractivity contribution in [1.82, 2.24) is 0 Å². The molecule has 0 bridgehead atoms. The van der Waals surface area contributed by atoms with Crippen LogP contribution in [0.25, 0.3) is 0 Å². The number of halogens is 5. The SMILES string of the molecule is Cc1cc(C)c(C)c(C(F)(F)C(F)(F)F)c1C. The molecule has 0 fully saturated rings. The maximum atomic E-state index is 13.4. The van der Waals surface area contributed by atoms with E-state index in [1.807, 2.05) is 0 Å². The van der Waals surface area contributed by atoms with Gasteiger partial charge in [0.1, 0.15) is 0 Å². The lowest BCUT2D eigenvalue weighted by atomic mass is 9.90. The average molecular weight is 252 g/mol. The summed E-state index contributed by atoms with van der Waals surface area (Å²) in [5, 5.41) is 0. The quantitative estimate of drug-likeness (QED) is 0.642. The van der Waals surface area contributed by atoms with Crippen molar-refractivity contribution in [2.24, 2.45) is 0 Å². The molecule has 0 aliphatic carbocycles. The highest BCUT2D eigenvalue weighted by Gasteiger charge is 2.60. The van der Waals surface area contributed by atoms with Crippen LogP contribution < -0.4 is 0 Å². The number of benzene rings is 1. The van der Waals surface area contributed by atoms with E-state index < -0.39 is 17.7 Å². The number of aryl methyl sites for hydroxylation is 2. The maximum Gasteiger partial charge on any atom is 0.458 e. The van der Waals surface area contributed by atoms with Gasteiger partial charge in [-0.15, -0.1) is 0 Å². The summed E-state index contributed by atoms with van der Waals surface area (Å²) in [4.78, 5) is 0. The minimum Gasteiger partial charge on any atom is -0.191 e. The molecule has 0 aromatic heterocycles. The first-order valence-corrected chi connectivity index (χ1v) is 5.02. The normalized spacial score (nSPS) is 13.0. The van der Waals surface area contributed by atoms with E-state index in [9.17, 15) is 22.0 Å². The van der Waals surface area contributed by atoms with Crippen LogP contribution in [-0.4, -0.2) is 6.18 Å². The summed E-state index contributed by atoms with van der Waals surface area (Å²) in [6.07, 6.45) is -5.57. The van der Waals surface area contributed by atoms with E-state index in [2.05, 4.69) is 0 Å². The van der Waals surface area contributed by atoms with Crippen LogP contribution in [0.4, 0.5) is 22.0 Å². The van der Waals surface area contributed by atoms with Crippen molar-refractivity contribution < 1.29 is 22.0 Å². The molecule has 1 aromatic rings. The fraction of sp³-hybridized carbons (Fsp3) is 0.500. The minimum atomic E-state index is -5.57. The van der Waals surface area contributed by atoms with E-state index >= 15 is 0 Å². The predicted molar refractivity (Wildman–Crippen MR) is 55.3 cm³/mol. The molecule has 0 saturated carbocycles. The summed E-state index contributed by atoms with van der Waals surface area (Å²) in [6, 6.07) is 1.61. The summed E-state index contributed by atoms with van der Waals surface area (Å²) >= 11 is 0. The van der Waals surface area contributed by atoms with Crippen LogP contribution in [0.2, 0.25) is 0 Å². The van der Waals surface area contributed by atoms with Gasteiger partial charge in [0.15, 0.2) is 0 Å². The predicted octanol–water partition coefficient (Wildman–Crippen LogP) is 4.57. The van der Waals surface area contributed by atoms with Gasteiger partial charge in [-0.2, -0.15) is 22.0 Å². The molecule has 0 nitrogen and oxygen atoms in total. The Kier molecular flexibility index (Phi) is 3.25. The number of rotatable bonds is 1. The zero-order chi connectivity index (χ0) is 13.6. The zero-order valence-corrected chi connectivity index (χ0v) is 9.97. The Morgan fingerprint density at radius 2 is 1.12 bits per heavy atom. The Hall–Kier alpha value is -1.13. The van der Waals surface area contributed by atoms with Crippen molar-refractivity contribution in [3.63, 3.8) is 0 Å². The Bertz CT molecular complexity index is 417. The zero-order valence-electron chi connectivity index (χ0n) is 9.97. The van der Waals surface area contributed by atoms with Crippen molar-refractivity contribution in [2.45, 2.75) is 39.8 Å². The van der Waals surface area contributed by atoms with Gasteiger partial charge in [-0.05, 0) is 49.9 Å². The lowest BCUT2D eigenvalue weighted by Crippen LogP contribution is -2.35. The van der Waals surface area contributed by atoms with Crippen molar-refractivity contribution in [3.05, 3.63) is 33.9 Å². The molecule has 0 atom stereocenters. The number of hydrogen-bond donors (Lipinski definition) is 0. The summed E-state index contributed by atoms with van der Waals surface area (Å²) < 4.78 is 64.0. The Morgan fingerprint density at radius 3 is 1.41 bits per heavy atom. The Labute approximate surface area is 96.4 Å². The lowest BCUT2D eigenvalue weighted by Gasteiger charge is -2.25.